The molecule has 1 aromatic heterocycles. The van der Waals surface area contributed by atoms with E-state index in [1.54, 1.807) is 17.1 Å². The summed E-state index contributed by atoms with van der Waals surface area (Å²) < 4.78 is 9.49. The fraction of sp³-hybridized carbons (Fsp3) is 0.333. The Morgan fingerprint density at radius 1 is 1.50 bits per heavy atom. The lowest BCUT2D eigenvalue weighted by Crippen LogP contribution is -2.03. The number of unbranched alkanes of at least 4 members (excludes halogenated alkanes) is 1. The van der Waals surface area contributed by atoms with E-state index in [1.807, 2.05) is 19.1 Å². The summed E-state index contributed by atoms with van der Waals surface area (Å²) in [7, 11) is 0. The highest BCUT2D eigenvalue weighted by molar-refractivity contribution is 14.1. The van der Waals surface area contributed by atoms with Crippen molar-refractivity contribution in [2.75, 3.05) is 12.3 Å². The van der Waals surface area contributed by atoms with E-state index in [9.17, 15) is 0 Å². The normalized spacial score (nSPS) is 11.3. The molecule has 5 nitrogen and oxygen atoms in total. The van der Waals surface area contributed by atoms with Crippen LogP contribution in [0, 0.1) is 10.5 Å². The molecule has 0 fully saturated rings. The van der Waals surface area contributed by atoms with Gasteiger partial charge in [0.2, 0.25) is 5.95 Å². The SMILES string of the molecule is CCCCOc1c(I)cc(Br)cc1C=Nn1cc(C)nc1N. The summed E-state index contributed by atoms with van der Waals surface area (Å²) in [5, 5.41) is 4.37. The third-order valence-corrected chi connectivity index (χ3v) is 4.20. The minimum Gasteiger partial charge on any atom is -0.492 e. The number of ether oxygens (including phenoxy) is 1. The zero-order chi connectivity index (χ0) is 16.1. The van der Waals surface area contributed by atoms with Crippen molar-refractivity contribution in [3.63, 3.8) is 0 Å². The molecule has 0 spiro atoms. The Bertz CT molecular complexity index is 684. The minimum absolute atomic E-state index is 0.367. The fourth-order valence-corrected chi connectivity index (χ4v) is 3.57. The van der Waals surface area contributed by atoms with Crippen LogP contribution in [0.1, 0.15) is 31.0 Å². The van der Waals surface area contributed by atoms with E-state index in [-0.39, 0.29) is 0 Å². The van der Waals surface area contributed by atoms with Gasteiger partial charge in [0.1, 0.15) is 5.75 Å². The van der Waals surface area contributed by atoms with Gasteiger partial charge in [0.05, 0.1) is 28.3 Å². The molecule has 0 amide bonds. The summed E-state index contributed by atoms with van der Waals surface area (Å²) in [6.45, 7) is 4.72. The second-order valence-electron chi connectivity index (χ2n) is 4.84. The summed E-state index contributed by atoms with van der Waals surface area (Å²) in [6, 6.07) is 4.00. The second-order valence-corrected chi connectivity index (χ2v) is 6.92. The van der Waals surface area contributed by atoms with Crippen LogP contribution < -0.4 is 10.5 Å². The maximum absolute atomic E-state index is 5.91. The highest BCUT2D eigenvalue weighted by Gasteiger charge is 2.09. The van der Waals surface area contributed by atoms with Gasteiger partial charge < -0.3 is 10.5 Å². The monoisotopic (exact) mass is 476 g/mol. The van der Waals surface area contributed by atoms with Crippen molar-refractivity contribution in [1.29, 1.82) is 0 Å². The molecule has 22 heavy (non-hydrogen) atoms. The lowest BCUT2D eigenvalue weighted by Gasteiger charge is -2.11. The summed E-state index contributed by atoms with van der Waals surface area (Å²) in [4.78, 5) is 4.13. The second kappa shape index (κ2) is 7.96. The first-order chi connectivity index (χ1) is 10.5. The molecule has 0 unspecified atom stereocenters. The van der Waals surface area contributed by atoms with Gasteiger partial charge in [-0.3, -0.25) is 0 Å². The highest BCUT2D eigenvalue weighted by atomic mass is 127. The Morgan fingerprint density at radius 3 is 2.91 bits per heavy atom. The predicted octanol–water partition coefficient (Wildman–Crippen LogP) is 4.20. The fourth-order valence-electron chi connectivity index (χ4n) is 1.87. The molecular weight excluding hydrogens is 459 g/mol. The zero-order valence-corrected chi connectivity index (χ0v) is 16.3. The Balaban J connectivity index is 2.30. The molecule has 0 atom stereocenters. The van der Waals surface area contributed by atoms with Crippen molar-refractivity contribution in [2.24, 2.45) is 5.10 Å². The molecule has 0 aliphatic carbocycles. The van der Waals surface area contributed by atoms with E-state index in [0.29, 0.717) is 12.6 Å². The lowest BCUT2D eigenvalue weighted by molar-refractivity contribution is 0.307. The number of nitrogens with zero attached hydrogens (tertiary/aromatic N) is 3. The topological polar surface area (TPSA) is 65.4 Å². The third-order valence-electron chi connectivity index (χ3n) is 2.94. The van der Waals surface area contributed by atoms with Gasteiger partial charge in [0.25, 0.3) is 0 Å². The summed E-state index contributed by atoms with van der Waals surface area (Å²) in [5.41, 5.74) is 7.53. The number of rotatable bonds is 6. The van der Waals surface area contributed by atoms with Crippen molar-refractivity contribution >= 4 is 50.7 Å². The van der Waals surface area contributed by atoms with Gasteiger partial charge >= 0.3 is 0 Å². The number of halogens is 2. The van der Waals surface area contributed by atoms with Crippen LogP contribution in [0.3, 0.4) is 0 Å². The standard InChI is InChI=1S/C15H18BrIN4O/c1-3-4-5-22-14-11(6-12(16)7-13(14)17)8-19-21-9-10(2)20-15(21)18/h6-9H,3-5H2,1-2H3,(H2,18,20). The first-order valence-electron chi connectivity index (χ1n) is 6.99. The number of nitrogens with two attached hydrogens (primary N) is 1. The molecule has 1 aromatic carbocycles. The average Bonchev–Trinajstić information content (AvgIpc) is 2.77. The summed E-state index contributed by atoms with van der Waals surface area (Å²) >= 11 is 5.78. The number of hydrogen-bond acceptors (Lipinski definition) is 4. The van der Waals surface area contributed by atoms with Gasteiger partial charge in [0.15, 0.2) is 0 Å². The number of benzene rings is 1. The van der Waals surface area contributed by atoms with Gasteiger partial charge in [-0.1, -0.05) is 29.3 Å². The maximum atomic E-state index is 5.91. The largest absolute Gasteiger partial charge is 0.492 e. The lowest BCUT2D eigenvalue weighted by atomic mass is 10.2. The van der Waals surface area contributed by atoms with Crippen LogP contribution in [-0.4, -0.2) is 22.5 Å². The molecule has 2 aromatic rings. The van der Waals surface area contributed by atoms with Crippen molar-refractivity contribution in [3.05, 3.63) is 37.6 Å². The van der Waals surface area contributed by atoms with Crippen LogP contribution >= 0.6 is 38.5 Å². The van der Waals surface area contributed by atoms with E-state index in [4.69, 9.17) is 10.5 Å². The molecule has 2 N–H and O–H groups in total. The maximum Gasteiger partial charge on any atom is 0.221 e. The first kappa shape index (κ1) is 17.3. The van der Waals surface area contributed by atoms with Crippen LogP contribution in [0.25, 0.3) is 0 Å². The van der Waals surface area contributed by atoms with Crippen LogP contribution in [0.15, 0.2) is 27.9 Å². The van der Waals surface area contributed by atoms with E-state index in [1.165, 1.54) is 0 Å². The van der Waals surface area contributed by atoms with E-state index in [2.05, 4.69) is 55.5 Å². The van der Waals surface area contributed by atoms with Gasteiger partial charge in [-0.15, -0.1) is 0 Å². The summed E-state index contributed by atoms with van der Waals surface area (Å²) in [6.07, 6.45) is 5.65. The highest BCUT2D eigenvalue weighted by Crippen LogP contribution is 2.29. The van der Waals surface area contributed by atoms with Crippen molar-refractivity contribution in [1.82, 2.24) is 9.66 Å². The number of anilines is 1. The molecule has 0 aliphatic rings. The molecular formula is C15H18BrIN4O. The molecule has 2 rings (SSSR count). The van der Waals surface area contributed by atoms with Crippen molar-refractivity contribution in [2.45, 2.75) is 26.7 Å². The van der Waals surface area contributed by atoms with Crippen molar-refractivity contribution in [3.8, 4) is 5.75 Å². The van der Waals surface area contributed by atoms with E-state index in [0.717, 1.165) is 37.9 Å². The van der Waals surface area contributed by atoms with Crippen LogP contribution in [-0.2, 0) is 0 Å². The number of aryl methyl sites for hydroxylation is 1. The van der Waals surface area contributed by atoms with E-state index < -0.39 is 0 Å². The molecule has 1 heterocycles. The van der Waals surface area contributed by atoms with Gasteiger partial charge in [-0.2, -0.15) is 5.10 Å². The average molecular weight is 477 g/mol. The third kappa shape index (κ3) is 4.45. The predicted molar refractivity (Wildman–Crippen MR) is 102 cm³/mol. The number of hydrogen-bond donors (Lipinski definition) is 1. The molecule has 0 radical (unpaired) electrons. The quantitative estimate of drug-likeness (QED) is 0.386. The Labute approximate surface area is 152 Å². The Morgan fingerprint density at radius 2 is 2.27 bits per heavy atom. The minimum atomic E-state index is 0.367. The first-order valence-corrected chi connectivity index (χ1v) is 8.86. The molecule has 7 heteroatoms. The van der Waals surface area contributed by atoms with Gasteiger partial charge in [-0.25, -0.2) is 9.66 Å². The Hall–Kier alpha value is -1.09. The smallest absolute Gasteiger partial charge is 0.221 e. The Kier molecular flexibility index (Phi) is 6.25. The van der Waals surface area contributed by atoms with Crippen LogP contribution in [0.2, 0.25) is 0 Å². The van der Waals surface area contributed by atoms with Gasteiger partial charge in [-0.05, 0) is 48.1 Å². The molecule has 0 bridgehead atoms. The number of imidazole rings is 1. The number of aromatic nitrogens is 2. The summed E-state index contributed by atoms with van der Waals surface area (Å²) in [5.74, 6) is 1.21. The molecule has 118 valence electrons. The molecule has 0 aliphatic heterocycles. The molecule has 0 saturated carbocycles. The van der Waals surface area contributed by atoms with Crippen LogP contribution in [0.4, 0.5) is 5.95 Å². The van der Waals surface area contributed by atoms with Gasteiger partial charge in [0, 0.05) is 10.0 Å². The van der Waals surface area contributed by atoms with Crippen LogP contribution in [0.5, 0.6) is 5.75 Å². The van der Waals surface area contributed by atoms with E-state index >= 15 is 0 Å². The van der Waals surface area contributed by atoms with Crippen molar-refractivity contribution < 1.29 is 4.74 Å². The molecule has 0 saturated heterocycles. The zero-order valence-electron chi connectivity index (χ0n) is 12.5. The number of nitrogen functional groups attached to an aromatic ring is 1.